The molecule has 1 aromatic carbocycles. The molecule has 37 heavy (non-hydrogen) atoms. The Labute approximate surface area is 218 Å². The van der Waals surface area contributed by atoms with Gasteiger partial charge in [0.1, 0.15) is 12.4 Å². The predicted molar refractivity (Wildman–Crippen MR) is 139 cm³/mol. The normalized spacial score (nSPS) is 25.0. The SMILES string of the molecule is O=C(C[C@@H]1CCN2C[C@@H]1C=CCOc1ccccc1CN(Cc1cccnc1)CC2=O)N1CC[C@@H](O)C1. The maximum absolute atomic E-state index is 13.5. The van der Waals surface area contributed by atoms with Gasteiger partial charge in [-0.3, -0.25) is 19.5 Å². The molecule has 8 nitrogen and oxygen atoms in total. The molecule has 2 aromatic rings. The van der Waals surface area contributed by atoms with Crippen LogP contribution in [0.2, 0.25) is 0 Å². The third-order valence-electron chi connectivity index (χ3n) is 7.68. The number of carbonyl (C=O) groups is 2. The van der Waals surface area contributed by atoms with Crippen LogP contribution in [0, 0.1) is 11.8 Å². The van der Waals surface area contributed by atoms with E-state index >= 15 is 0 Å². The standard InChI is InChI=1S/C29H36N4O4/c34-26-10-13-33(20-26)28(35)15-23-9-12-32-19-24(23)7-4-14-37-27-8-2-1-6-25(27)18-31(21-29(32)36)17-22-5-3-11-30-16-22/h1-8,11,16,23-24,26,34H,9-10,12-15,17-21H2/t23-,24-,26+/m0/s1. The lowest BCUT2D eigenvalue weighted by Gasteiger charge is -2.38. The summed E-state index contributed by atoms with van der Waals surface area (Å²) in [5.41, 5.74) is 2.10. The number of rotatable bonds is 4. The first kappa shape index (κ1) is 25.4. The van der Waals surface area contributed by atoms with Crippen molar-refractivity contribution in [2.24, 2.45) is 11.8 Å². The van der Waals surface area contributed by atoms with Crippen LogP contribution in [0.4, 0.5) is 0 Å². The summed E-state index contributed by atoms with van der Waals surface area (Å²) in [6, 6.07) is 11.9. The Morgan fingerprint density at radius 2 is 1.97 bits per heavy atom. The summed E-state index contributed by atoms with van der Waals surface area (Å²) in [5.74, 6) is 1.27. The zero-order valence-corrected chi connectivity index (χ0v) is 21.2. The summed E-state index contributed by atoms with van der Waals surface area (Å²) in [7, 11) is 0. The first-order valence-electron chi connectivity index (χ1n) is 13.3. The van der Waals surface area contributed by atoms with E-state index in [1.54, 1.807) is 11.1 Å². The van der Waals surface area contributed by atoms with Crippen LogP contribution in [0.25, 0.3) is 0 Å². The number of aliphatic hydroxyl groups is 1. The Hall–Kier alpha value is -3.23. The number of likely N-dealkylation sites (tertiary alicyclic amines) is 1. The molecule has 0 radical (unpaired) electrons. The molecule has 0 unspecified atom stereocenters. The van der Waals surface area contributed by atoms with Gasteiger partial charge in [0.15, 0.2) is 0 Å². The van der Waals surface area contributed by atoms with Crippen molar-refractivity contribution in [1.29, 1.82) is 0 Å². The fraction of sp³-hybridized carbons (Fsp3) is 0.483. The van der Waals surface area contributed by atoms with E-state index < -0.39 is 6.10 Å². The van der Waals surface area contributed by atoms with Crippen molar-refractivity contribution in [2.45, 2.75) is 38.5 Å². The van der Waals surface area contributed by atoms with Gasteiger partial charge in [-0.05, 0) is 42.4 Å². The Morgan fingerprint density at radius 3 is 2.78 bits per heavy atom. The smallest absolute Gasteiger partial charge is 0.236 e. The predicted octanol–water partition coefficient (Wildman–Crippen LogP) is 2.48. The van der Waals surface area contributed by atoms with Gasteiger partial charge in [0.25, 0.3) is 0 Å². The molecule has 5 rings (SSSR count). The lowest BCUT2D eigenvalue weighted by molar-refractivity contribution is -0.136. The number of hydrogen-bond donors (Lipinski definition) is 1. The van der Waals surface area contributed by atoms with Crippen molar-refractivity contribution >= 4 is 11.8 Å². The number of aromatic nitrogens is 1. The average Bonchev–Trinajstić information content (AvgIpc) is 3.35. The second-order valence-corrected chi connectivity index (χ2v) is 10.4. The van der Waals surface area contributed by atoms with Gasteiger partial charge in [0.05, 0.1) is 12.6 Å². The van der Waals surface area contributed by atoms with Gasteiger partial charge in [-0.25, -0.2) is 0 Å². The first-order chi connectivity index (χ1) is 18.0. The molecule has 4 heterocycles. The van der Waals surface area contributed by atoms with Crippen LogP contribution >= 0.6 is 0 Å². The lowest BCUT2D eigenvalue weighted by Crippen LogP contribution is -2.47. The lowest BCUT2D eigenvalue weighted by atomic mass is 9.82. The van der Waals surface area contributed by atoms with Gasteiger partial charge in [0.2, 0.25) is 11.8 Å². The van der Waals surface area contributed by atoms with E-state index in [2.05, 4.69) is 22.0 Å². The highest BCUT2D eigenvalue weighted by molar-refractivity contribution is 5.79. The quantitative estimate of drug-likeness (QED) is 0.644. The molecule has 196 valence electrons. The van der Waals surface area contributed by atoms with Gasteiger partial charge in [0, 0.05) is 63.6 Å². The third kappa shape index (κ3) is 6.56. The molecule has 3 aliphatic heterocycles. The fourth-order valence-corrected chi connectivity index (χ4v) is 5.64. The molecule has 0 aliphatic carbocycles. The molecular weight excluding hydrogens is 468 g/mol. The minimum Gasteiger partial charge on any atom is -0.489 e. The number of fused-ring (bicyclic) bond motifs is 3. The maximum Gasteiger partial charge on any atom is 0.236 e. The second kappa shape index (κ2) is 11.9. The zero-order chi connectivity index (χ0) is 25.6. The van der Waals surface area contributed by atoms with Crippen molar-refractivity contribution in [3.05, 3.63) is 72.1 Å². The number of carbonyl (C=O) groups excluding carboxylic acids is 2. The molecule has 3 atom stereocenters. The van der Waals surface area contributed by atoms with Crippen LogP contribution in [0.15, 0.2) is 60.9 Å². The molecule has 2 saturated heterocycles. The number of aliphatic hydroxyl groups excluding tert-OH is 1. The average molecular weight is 505 g/mol. The van der Waals surface area contributed by atoms with Gasteiger partial charge in [-0.15, -0.1) is 0 Å². The van der Waals surface area contributed by atoms with Crippen LogP contribution in [-0.4, -0.2) is 82.0 Å². The molecule has 0 spiro atoms. The summed E-state index contributed by atoms with van der Waals surface area (Å²) in [5, 5.41) is 9.84. The number of β-amino-alcohol motifs (C(OH)–C–C–N with tert-alkyl or cyclic N) is 1. The van der Waals surface area contributed by atoms with E-state index in [0.717, 1.165) is 23.3 Å². The van der Waals surface area contributed by atoms with Crippen LogP contribution in [0.3, 0.4) is 0 Å². The molecule has 8 heteroatoms. The van der Waals surface area contributed by atoms with Crippen LogP contribution < -0.4 is 4.74 Å². The molecule has 1 N–H and O–H groups in total. The Morgan fingerprint density at radius 1 is 1.08 bits per heavy atom. The van der Waals surface area contributed by atoms with Gasteiger partial charge in [-0.2, -0.15) is 0 Å². The summed E-state index contributed by atoms with van der Waals surface area (Å²) in [6.07, 6.45) is 9.22. The molecule has 2 amide bonds. The molecule has 2 fully saturated rings. The third-order valence-corrected chi connectivity index (χ3v) is 7.68. The van der Waals surface area contributed by atoms with Crippen LogP contribution in [0.1, 0.15) is 30.4 Å². The molecular formula is C29H36N4O4. The number of hydrogen-bond acceptors (Lipinski definition) is 6. The molecule has 2 bridgehead atoms. The number of benzene rings is 1. The minimum absolute atomic E-state index is 0.0838. The van der Waals surface area contributed by atoms with Crippen LogP contribution in [0.5, 0.6) is 5.75 Å². The van der Waals surface area contributed by atoms with Crippen LogP contribution in [-0.2, 0) is 22.7 Å². The van der Waals surface area contributed by atoms with E-state index in [1.807, 2.05) is 47.5 Å². The Bertz CT molecular complexity index is 1110. The highest BCUT2D eigenvalue weighted by Gasteiger charge is 2.34. The molecule has 1 aromatic heterocycles. The monoisotopic (exact) mass is 504 g/mol. The Balaban J connectivity index is 1.34. The summed E-state index contributed by atoms with van der Waals surface area (Å²) >= 11 is 0. The summed E-state index contributed by atoms with van der Waals surface area (Å²) in [6.45, 7) is 4.24. The number of pyridine rings is 1. The highest BCUT2D eigenvalue weighted by Crippen LogP contribution is 2.30. The highest BCUT2D eigenvalue weighted by atomic mass is 16.5. The second-order valence-electron chi connectivity index (χ2n) is 10.4. The van der Waals surface area contributed by atoms with Crippen molar-refractivity contribution in [3.63, 3.8) is 0 Å². The van der Waals surface area contributed by atoms with E-state index in [1.165, 1.54) is 0 Å². The van der Waals surface area contributed by atoms with Crippen molar-refractivity contribution < 1.29 is 19.4 Å². The summed E-state index contributed by atoms with van der Waals surface area (Å²) < 4.78 is 6.15. The van der Waals surface area contributed by atoms with Gasteiger partial charge >= 0.3 is 0 Å². The number of para-hydroxylation sites is 1. The fourth-order valence-electron chi connectivity index (χ4n) is 5.64. The largest absolute Gasteiger partial charge is 0.489 e. The van der Waals surface area contributed by atoms with E-state index in [9.17, 15) is 14.7 Å². The first-order valence-corrected chi connectivity index (χ1v) is 13.3. The number of amides is 2. The molecule has 0 saturated carbocycles. The van der Waals surface area contributed by atoms with Crippen molar-refractivity contribution in [1.82, 2.24) is 19.7 Å². The Kier molecular flexibility index (Phi) is 8.16. The van der Waals surface area contributed by atoms with E-state index in [-0.39, 0.29) is 23.7 Å². The van der Waals surface area contributed by atoms with Crippen molar-refractivity contribution in [2.75, 3.05) is 39.3 Å². The number of piperidine rings is 1. The van der Waals surface area contributed by atoms with Crippen molar-refractivity contribution in [3.8, 4) is 5.75 Å². The number of nitrogens with zero attached hydrogens (tertiary/aromatic N) is 4. The maximum atomic E-state index is 13.5. The topological polar surface area (TPSA) is 86.2 Å². The summed E-state index contributed by atoms with van der Waals surface area (Å²) in [4.78, 5) is 36.6. The minimum atomic E-state index is -0.414. The van der Waals surface area contributed by atoms with E-state index in [4.69, 9.17) is 4.74 Å². The van der Waals surface area contributed by atoms with Gasteiger partial charge < -0.3 is 19.6 Å². The van der Waals surface area contributed by atoms with Gasteiger partial charge in [-0.1, -0.05) is 36.4 Å². The number of ether oxygens (including phenoxy) is 1. The zero-order valence-electron chi connectivity index (χ0n) is 21.2. The molecule has 3 aliphatic rings. The van der Waals surface area contributed by atoms with E-state index in [0.29, 0.717) is 65.3 Å².